The standard InChI is InChI=1S/C13H22N4O/c1-3-18-13-11(14)12(16-8-17-13)15-7-10-6-4-5-9(10)2/h8-10H,3-7,14H2,1-2H3,(H,15,16,17). The molecule has 3 N–H and O–H groups in total. The molecular weight excluding hydrogens is 228 g/mol. The Balaban J connectivity index is 1.98. The first-order valence-electron chi connectivity index (χ1n) is 6.69. The van der Waals surface area contributed by atoms with Crippen LogP contribution in [0.2, 0.25) is 0 Å². The van der Waals surface area contributed by atoms with Gasteiger partial charge in [-0.3, -0.25) is 0 Å². The average molecular weight is 250 g/mol. The van der Waals surface area contributed by atoms with Crippen molar-refractivity contribution in [2.24, 2.45) is 11.8 Å². The third kappa shape index (κ3) is 2.83. The Morgan fingerprint density at radius 3 is 2.94 bits per heavy atom. The monoisotopic (exact) mass is 250 g/mol. The fourth-order valence-corrected chi connectivity index (χ4v) is 2.53. The Kier molecular flexibility index (Phi) is 4.23. The minimum absolute atomic E-state index is 0.467. The highest BCUT2D eigenvalue weighted by Crippen LogP contribution is 2.32. The minimum Gasteiger partial charge on any atom is -0.476 e. The predicted molar refractivity (Wildman–Crippen MR) is 72.6 cm³/mol. The van der Waals surface area contributed by atoms with Crippen molar-refractivity contribution in [3.05, 3.63) is 6.33 Å². The highest BCUT2D eigenvalue weighted by molar-refractivity contribution is 5.66. The quantitative estimate of drug-likeness (QED) is 0.839. The topological polar surface area (TPSA) is 73.1 Å². The van der Waals surface area contributed by atoms with Gasteiger partial charge in [-0.25, -0.2) is 4.98 Å². The average Bonchev–Trinajstić information content (AvgIpc) is 2.76. The van der Waals surface area contributed by atoms with Crippen molar-refractivity contribution in [2.45, 2.75) is 33.1 Å². The lowest BCUT2D eigenvalue weighted by atomic mass is 9.98. The zero-order valence-electron chi connectivity index (χ0n) is 11.1. The van der Waals surface area contributed by atoms with Gasteiger partial charge in [-0.2, -0.15) is 4.98 Å². The number of nitrogens with one attached hydrogen (secondary N) is 1. The molecule has 1 aliphatic rings. The molecule has 5 nitrogen and oxygen atoms in total. The number of nitrogen functional groups attached to an aromatic ring is 1. The van der Waals surface area contributed by atoms with E-state index < -0.39 is 0 Å². The van der Waals surface area contributed by atoms with Crippen LogP contribution in [0.4, 0.5) is 11.5 Å². The first kappa shape index (κ1) is 12.9. The van der Waals surface area contributed by atoms with Crippen molar-refractivity contribution in [3.8, 4) is 5.88 Å². The summed E-state index contributed by atoms with van der Waals surface area (Å²) >= 11 is 0. The summed E-state index contributed by atoms with van der Waals surface area (Å²) in [6.45, 7) is 5.71. The van der Waals surface area contributed by atoms with Crippen LogP contribution in [0.5, 0.6) is 5.88 Å². The summed E-state index contributed by atoms with van der Waals surface area (Å²) in [4.78, 5) is 8.21. The van der Waals surface area contributed by atoms with Crippen LogP contribution in [0.15, 0.2) is 6.33 Å². The number of nitrogens with two attached hydrogens (primary N) is 1. The third-order valence-corrected chi connectivity index (χ3v) is 3.70. The molecular formula is C13H22N4O. The maximum absolute atomic E-state index is 5.98. The smallest absolute Gasteiger partial charge is 0.242 e. The van der Waals surface area contributed by atoms with Gasteiger partial charge in [-0.05, 0) is 25.2 Å². The molecule has 1 aromatic heterocycles. The zero-order valence-corrected chi connectivity index (χ0v) is 11.1. The molecule has 1 fully saturated rings. The molecule has 0 saturated heterocycles. The number of anilines is 2. The summed E-state index contributed by atoms with van der Waals surface area (Å²) in [5.41, 5.74) is 6.48. The molecule has 1 saturated carbocycles. The van der Waals surface area contributed by atoms with Crippen LogP contribution in [-0.2, 0) is 0 Å². The van der Waals surface area contributed by atoms with E-state index in [1.807, 2.05) is 6.92 Å². The third-order valence-electron chi connectivity index (χ3n) is 3.70. The van der Waals surface area contributed by atoms with Crippen LogP contribution in [-0.4, -0.2) is 23.1 Å². The summed E-state index contributed by atoms with van der Waals surface area (Å²) in [5.74, 6) is 2.66. The van der Waals surface area contributed by atoms with E-state index in [1.165, 1.54) is 25.6 Å². The maximum Gasteiger partial charge on any atom is 0.242 e. The minimum atomic E-state index is 0.467. The number of hydrogen-bond acceptors (Lipinski definition) is 5. The Morgan fingerprint density at radius 1 is 1.44 bits per heavy atom. The summed E-state index contributed by atoms with van der Waals surface area (Å²) in [6.07, 6.45) is 5.44. The molecule has 2 unspecified atom stereocenters. The van der Waals surface area contributed by atoms with Gasteiger partial charge in [0.15, 0.2) is 5.82 Å². The SMILES string of the molecule is CCOc1ncnc(NCC2CCCC2C)c1N. The van der Waals surface area contributed by atoms with Crippen molar-refractivity contribution in [1.82, 2.24) is 9.97 Å². The highest BCUT2D eigenvalue weighted by atomic mass is 16.5. The first-order chi connectivity index (χ1) is 8.72. The van der Waals surface area contributed by atoms with Gasteiger partial charge in [0.05, 0.1) is 6.61 Å². The van der Waals surface area contributed by atoms with Crippen LogP contribution in [0.25, 0.3) is 0 Å². The molecule has 1 aliphatic carbocycles. The summed E-state index contributed by atoms with van der Waals surface area (Å²) in [7, 11) is 0. The Labute approximate surface area is 108 Å². The molecule has 0 aromatic carbocycles. The lowest BCUT2D eigenvalue weighted by Gasteiger charge is -2.17. The van der Waals surface area contributed by atoms with Gasteiger partial charge in [0.25, 0.3) is 0 Å². The van der Waals surface area contributed by atoms with E-state index in [1.54, 1.807) is 0 Å². The summed E-state index contributed by atoms with van der Waals surface area (Å²) in [6, 6.07) is 0. The van der Waals surface area contributed by atoms with Crippen molar-refractivity contribution in [1.29, 1.82) is 0 Å². The van der Waals surface area contributed by atoms with Gasteiger partial charge in [0, 0.05) is 6.54 Å². The molecule has 0 radical (unpaired) electrons. The summed E-state index contributed by atoms with van der Waals surface area (Å²) < 4.78 is 5.35. The Morgan fingerprint density at radius 2 is 2.28 bits per heavy atom. The van der Waals surface area contributed by atoms with Crippen LogP contribution < -0.4 is 15.8 Å². The second-order valence-electron chi connectivity index (χ2n) is 4.92. The van der Waals surface area contributed by atoms with E-state index in [2.05, 4.69) is 22.2 Å². The lowest BCUT2D eigenvalue weighted by Crippen LogP contribution is -2.18. The van der Waals surface area contributed by atoms with Crippen LogP contribution in [0, 0.1) is 11.8 Å². The van der Waals surface area contributed by atoms with E-state index in [0.29, 0.717) is 24.0 Å². The fourth-order valence-electron chi connectivity index (χ4n) is 2.53. The van der Waals surface area contributed by atoms with Crippen molar-refractivity contribution in [2.75, 3.05) is 24.2 Å². The number of hydrogen-bond donors (Lipinski definition) is 2. The number of aromatic nitrogens is 2. The van der Waals surface area contributed by atoms with Crippen LogP contribution >= 0.6 is 0 Å². The molecule has 2 atom stereocenters. The van der Waals surface area contributed by atoms with Crippen molar-refractivity contribution < 1.29 is 4.74 Å². The summed E-state index contributed by atoms with van der Waals surface area (Å²) in [5, 5.41) is 3.33. The Hall–Kier alpha value is -1.52. The van der Waals surface area contributed by atoms with Gasteiger partial charge in [0.2, 0.25) is 5.88 Å². The van der Waals surface area contributed by atoms with E-state index in [0.717, 1.165) is 18.4 Å². The molecule has 18 heavy (non-hydrogen) atoms. The normalized spacial score (nSPS) is 23.0. The van der Waals surface area contributed by atoms with Crippen molar-refractivity contribution >= 4 is 11.5 Å². The molecule has 1 heterocycles. The highest BCUT2D eigenvalue weighted by Gasteiger charge is 2.23. The fraction of sp³-hybridized carbons (Fsp3) is 0.692. The number of ether oxygens (including phenoxy) is 1. The first-order valence-corrected chi connectivity index (χ1v) is 6.69. The largest absolute Gasteiger partial charge is 0.476 e. The molecule has 0 spiro atoms. The van der Waals surface area contributed by atoms with Crippen LogP contribution in [0.3, 0.4) is 0 Å². The molecule has 1 aromatic rings. The number of rotatable bonds is 5. The zero-order chi connectivity index (χ0) is 13.0. The van der Waals surface area contributed by atoms with Gasteiger partial charge < -0.3 is 15.8 Å². The van der Waals surface area contributed by atoms with Gasteiger partial charge >= 0.3 is 0 Å². The molecule has 5 heteroatoms. The van der Waals surface area contributed by atoms with Gasteiger partial charge in [-0.15, -0.1) is 0 Å². The molecule has 0 amide bonds. The molecule has 2 rings (SSSR count). The van der Waals surface area contributed by atoms with E-state index >= 15 is 0 Å². The predicted octanol–water partition coefficient (Wildman–Crippen LogP) is 2.31. The lowest BCUT2D eigenvalue weighted by molar-refractivity contribution is 0.328. The number of nitrogens with zero attached hydrogens (tertiary/aromatic N) is 2. The molecule has 0 aliphatic heterocycles. The second kappa shape index (κ2) is 5.89. The molecule has 0 bridgehead atoms. The van der Waals surface area contributed by atoms with Crippen molar-refractivity contribution in [3.63, 3.8) is 0 Å². The van der Waals surface area contributed by atoms with Gasteiger partial charge in [0.1, 0.15) is 12.0 Å². The molecule has 100 valence electrons. The Bertz CT molecular complexity index is 397. The van der Waals surface area contributed by atoms with E-state index in [-0.39, 0.29) is 0 Å². The second-order valence-corrected chi connectivity index (χ2v) is 4.92. The van der Waals surface area contributed by atoms with Gasteiger partial charge in [-0.1, -0.05) is 19.8 Å². The van der Waals surface area contributed by atoms with Crippen LogP contribution in [0.1, 0.15) is 33.1 Å². The van der Waals surface area contributed by atoms with E-state index in [4.69, 9.17) is 10.5 Å². The maximum atomic E-state index is 5.98. The van der Waals surface area contributed by atoms with E-state index in [9.17, 15) is 0 Å².